The lowest BCUT2D eigenvalue weighted by molar-refractivity contribution is -0.121. The summed E-state index contributed by atoms with van der Waals surface area (Å²) in [6, 6.07) is 6.51. The van der Waals surface area contributed by atoms with Gasteiger partial charge in [-0.1, -0.05) is 12.1 Å². The van der Waals surface area contributed by atoms with E-state index in [1.165, 1.54) is 18.4 Å². The smallest absolute Gasteiger partial charge is 0.221 e. The minimum atomic E-state index is 0.110. The number of rotatable bonds is 7. The van der Waals surface area contributed by atoms with Crippen LogP contribution in [0.25, 0.3) is 0 Å². The number of nitrogens with one attached hydrogen (secondary N) is 2. The Balaban J connectivity index is 1.50. The van der Waals surface area contributed by atoms with Crippen LogP contribution in [0.15, 0.2) is 18.2 Å². The average Bonchev–Trinajstić information content (AvgIpc) is 3.37. The molecule has 5 heteroatoms. The molecule has 1 aromatic carbocycles. The highest BCUT2D eigenvalue weighted by Gasteiger charge is 2.22. The third-order valence-electron chi connectivity index (χ3n) is 4.30. The minimum Gasteiger partial charge on any atom is -0.493 e. The fraction of sp³-hybridized carbons (Fsp3) is 0.611. The maximum absolute atomic E-state index is 12.1. The van der Waals surface area contributed by atoms with Crippen LogP contribution in [-0.2, 0) is 11.3 Å². The van der Waals surface area contributed by atoms with Crippen molar-refractivity contribution in [3.63, 3.8) is 0 Å². The molecule has 0 radical (unpaired) electrons. The van der Waals surface area contributed by atoms with Crippen molar-refractivity contribution < 1.29 is 9.53 Å². The van der Waals surface area contributed by atoms with Crippen molar-refractivity contribution in [3.8, 4) is 5.75 Å². The van der Waals surface area contributed by atoms with Crippen molar-refractivity contribution in [1.29, 1.82) is 0 Å². The van der Waals surface area contributed by atoms with E-state index in [0.29, 0.717) is 19.0 Å². The Bertz CT molecular complexity index is 540. The van der Waals surface area contributed by atoms with E-state index in [4.69, 9.17) is 4.74 Å². The molecule has 1 saturated heterocycles. The van der Waals surface area contributed by atoms with Crippen LogP contribution in [0.3, 0.4) is 0 Å². The van der Waals surface area contributed by atoms with Gasteiger partial charge in [-0.25, -0.2) is 0 Å². The molecule has 0 spiro atoms. The van der Waals surface area contributed by atoms with Gasteiger partial charge in [-0.2, -0.15) is 11.8 Å². The van der Waals surface area contributed by atoms with Crippen LogP contribution in [0.5, 0.6) is 5.75 Å². The van der Waals surface area contributed by atoms with Gasteiger partial charge in [-0.3, -0.25) is 4.79 Å². The molecule has 1 amide bonds. The van der Waals surface area contributed by atoms with Crippen LogP contribution in [0.1, 0.15) is 30.4 Å². The molecule has 1 aliphatic carbocycles. The van der Waals surface area contributed by atoms with Gasteiger partial charge in [0.1, 0.15) is 5.75 Å². The van der Waals surface area contributed by atoms with E-state index in [1.54, 1.807) is 0 Å². The number of thioether (sulfide) groups is 1. The molecular weight excluding hydrogens is 308 g/mol. The summed E-state index contributed by atoms with van der Waals surface area (Å²) in [5.41, 5.74) is 2.25. The quantitative estimate of drug-likeness (QED) is 0.804. The number of hydrogen-bond donors (Lipinski definition) is 2. The molecule has 0 bridgehead atoms. The van der Waals surface area contributed by atoms with Crippen LogP contribution in [0.2, 0.25) is 0 Å². The van der Waals surface area contributed by atoms with Gasteiger partial charge in [-0.05, 0) is 37.3 Å². The summed E-state index contributed by atoms with van der Waals surface area (Å²) in [4.78, 5) is 12.1. The Morgan fingerprint density at radius 2 is 2.30 bits per heavy atom. The van der Waals surface area contributed by atoms with Crippen molar-refractivity contribution in [3.05, 3.63) is 29.3 Å². The number of carbonyl (C=O) groups is 1. The summed E-state index contributed by atoms with van der Waals surface area (Å²) in [5.74, 6) is 3.92. The number of aryl methyl sites for hydroxylation is 1. The third kappa shape index (κ3) is 5.43. The topological polar surface area (TPSA) is 50.4 Å². The lowest BCUT2D eigenvalue weighted by Gasteiger charge is -2.22. The van der Waals surface area contributed by atoms with Crippen LogP contribution in [0, 0.1) is 12.8 Å². The minimum absolute atomic E-state index is 0.110. The number of carbonyl (C=O) groups excluding carboxylic acids is 1. The molecule has 2 fully saturated rings. The normalized spacial score (nSPS) is 21.0. The molecule has 23 heavy (non-hydrogen) atoms. The molecule has 4 nitrogen and oxygen atoms in total. The van der Waals surface area contributed by atoms with E-state index in [-0.39, 0.29) is 5.91 Å². The summed E-state index contributed by atoms with van der Waals surface area (Å²) in [7, 11) is 0. The van der Waals surface area contributed by atoms with Crippen LogP contribution < -0.4 is 15.4 Å². The molecule has 3 rings (SSSR count). The first-order valence-electron chi connectivity index (χ1n) is 8.51. The van der Waals surface area contributed by atoms with Gasteiger partial charge in [-0.15, -0.1) is 0 Å². The first-order chi connectivity index (χ1) is 11.2. The lowest BCUT2D eigenvalue weighted by atomic mass is 10.1. The third-order valence-corrected chi connectivity index (χ3v) is 5.43. The second kappa shape index (κ2) is 8.06. The van der Waals surface area contributed by atoms with E-state index >= 15 is 0 Å². The SMILES string of the molecule is Cc1ccc(CNC(=O)CC2CSCCN2)c(OCC2CC2)c1. The summed E-state index contributed by atoms with van der Waals surface area (Å²) in [5, 5.41) is 6.44. The van der Waals surface area contributed by atoms with Crippen LogP contribution in [-0.4, -0.2) is 36.6 Å². The first kappa shape index (κ1) is 16.7. The van der Waals surface area contributed by atoms with Gasteiger partial charge in [0, 0.05) is 42.6 Å². The van der Waals surface area contributed by atoms with Gasteiger partial charge in [0.25, 0.3) is 0 Å². The Labute approximate surface area is 142 Å². The number of hydrogen-bond acceptors (Lipinski definition) is 4. The fourth-order valence-corrected chi connectivity index (χ4v) is 3.62. The van der Waals surface area contributed by atoms with Crippen molar-refractivity contribution >= 4 is 17.7 Å². The van der Waals surface area contributed by atoms with Gasteiger partial charge < -0.3 is 15.4 Å². The molecule has 1 atom stereocenters. The Kier molecular flexibility index (Phi) is 5.84. The number of ether oxygens (including phenoxy) is 1. The summed E-state index contributed by atoms with van der Waals surface area (Å²) in [6.45, 7) is 4.41. The van der Waals surface area contributed by atoms with Crippen molar-refractivity contribution in [2.45, 2.75) is 38.8 Å². The molecule has 1 unspecified atom stereocenters. The average molecular weight is 334 g/mol. The lowest BCUT2D eigenvalue weighted by Crippen LogP contribution is -2.41. The van der Waals surface area contributed by atoms with Gasteiger partial charge >= 0.3 is 0 Å². The first-order valence-corrected chi connectivity index (χ1v) is 9.66. The van der Waals surface area contributed by atoms with Crippen molar-refractivity contribution in [2.75, 3.05) is 24.7 Å². The Morgan fingerprint density at radius 3 is 3.04 bits per heavy atom. The Hall–Kier alpha value is -1.20. The molecule has 2 aliphatic rings. The molecule has 2 N–H and O–H groups in total. The van der Waals surface area contributed by atoms with Crippen molar-refractivity contribution in [2.24, 2.45) is 5.92 Å². The highest BCUT2D eigenvalue weighted by molar-refractivity contribution is 7.99. The summed E-state index contributed by atoms with van der Waals surface area (Å²) >= 11 is 1.92. The fourth-order valence-electron chi connectivity index (χ4n) is 2.67. The van der Waals surface area contributed by atoms with E-state index in [9.17, 15) is 4.79 Å². The molecule has 0 aromatic heterocycles. The maximum atomic E-state index is 12.1. The molecular formula is C18H26N2O2S. The van der Waals surface area contributed by atoms with Crippen LogP contribution >= 0.6 is 11.8 Å². The van der Waals surface area contributed by atoms with Crippen molar-refractivity contribution in [1.82, 2.24) is 10.6 Å². The zero-order chi connectivity index (χ0) is 16.1. The van der Waals surface area contributed by atoms with E-state index < -0.39 is 0 Å². The zero-order valence-corrected chi connectivity index (χ0v) is 14.6. The van der Waals surface area contributed by atoms with Crippen LogP contribution in [0.4, 0.5) is 0 Å². The molecule has 1 heterocycles. The predicted octanol–water partition coefficient (Wildman–Crippen LogP) is 2.50. The summed E-state index contributed by atoms with van der Waals surface area (Å²) in [6.07, 6.45) is 3.12. The van der Waals surface area contributed by atoms with E-state index in [0.717, 1.165) is 41.9 Å². The second-order valence-electron chi connectivity index (χ2n) is 6.57. The molecule has 1 saturated carbocycles. The van der Waals surface area contributed by atoms with Gasteiger partial charge in [0.2, 0.25) is 5.91 Å². The second-order valence-corrected chi connectivity index (χ2v) is 7.72. The highest BCUT2D eigenvalue weighted by Crippen LogP contribution is 2.30. The molecule has 1 aromatic rings. The largest absolute Gasteiger partial charge is 0.493 e. The highest BCUT2D eigenvalue weighted by atomic mass is 32.2. The summed E-state index contributed by atoms with van der Waals surface area (Å²) < 4.78 is 5.96. The molecule has 1 aliphatic heterocycles. The predicted molar refractivity (Wildman–Crippen MR) is 95.0 cm³/mol. The standard InChI is InChI=1S/C18H26N2O2S/c1-13-2-5-15(17(8-13)22-11-14-3-4-14)10-20-18(21)9-16-12-23-7-6-19-16/h2,5,8,14,16,19H,3-4,6-7,9-12H2,1H3,(H,20,21). The maximum Gasteiger partial charge on any atom is 0.221 e. The van der Waals surface area contributed by atoms with Gasteiger partial charge in [0.05, 0.1) is 6.61 Å². The number of amides is 1. The van der Waals surface area contributed by atoms with E-state index in [1.807, 2.05) is 11.8 Å². The molecule has 126 valence electrons. The van der Waals surface area contributed by atoms with E-state index in [2.05, 4.69) is 35.8 Å². The monoisotopic (exact) mass is 334 g/mol. The number of benzene rings is 1. The Morgan fingerprint density at radius 1 is 1.43 bits per heavy atom. The zero-order valence-electron chi connectivity index (χ0n) is 13.8. The van der Waals surface area contributed by atoms with Gasteiger partial charge in [0.15, 0.2) is 0 Å².